The van der Waals surface area contributed by atoms with Gasteiger partial charge in [0, 0.05) is 0 Å². The molecule has 4 heteroatoms. The molecule has 2 N–H and O–H groups in total. The second kappa shape index (κ2) is 5.21. The van der Waals surface area contributed by atoms with Crippen LogP contribution >= 0.6 is 11.8 Å². The van der Waals surface area contributed by atoms with E-state index in [2.05, 4.69) is 5.32 Å². The van der Waals surface area contributed by atoms with Crippen molar-refractivity contribution < 1.29 is 9.90 Å². The molecule has 0 aromatic carbocycles. The number of amides is 1. The predicted molar refractivity (Wildman–Crippen MR) is 64.0 cm³/mol. The van der Waals surface area contributed by atoms with Crippen LogP contribution in [0.2, 0.25) is 0 Å². The van der Waals surface area contributed by atoms with Crippen molar-refractivity contribution in [1.82, 2.24) is 5.32 Å². The smallest absolute Gasteiger partial charge is 0.236 e. The van der Waals surface area contributed by atoms with Gasteiger partial charge < -0.3 is 10.4 Å². The summed E-state index contributed by atoms with van der Waals surface area (Å²) in [7, 11) is 0. The zero-order valence-corrected chi connectivity index (χ0v) is 10.6. The number of aliphatic hydroxyl groups is 1. The van der Waals surface area contributed by atoms with Crippen molar-refractivity contribution in [3.8, 4) is 0 Å². The largest absolute Gasteiger partial charge is 0.394 e. The zero-order chi connectivity index (χ0) is 11.5. The molecule has 1 aliphatic heterocycles. The van der Waals surface area contributed by atoms with Crippen LogP contribution in [-0.4, -0.2) is 34.2 Å². The van der Waals surface area contributed by atoms with E-state index >= 15 is 0 Å². The minimum atomic E-state index is -0.275. The maximum atomic E-state index is 12.0. The van der Waals surface area contributed by atoms with Crippen molar-refractivity contribution >= 4 is 17.7 Å². The van der Waals surface area contributed by atoms with Crippen molar-refractivity contribution in [2.24, 2.45) is 5.92 Å². The van der Waals surface area contributed by atoms with Gasteiger partial charge in [0.05, 0.1) is 17.4 Å². The Bertz CT molecular complexity index is 225. The average Bonchev–Trinajstić information content (AvgIpc) is 2.61. The van der Waals surface area contributed by atoms with Crippen LogP contribution in [0.15, 0.2) is 0 Å². The number of carbonyl (C=O) groups is 1. The third-order valence-corrected chi connectivity index (χ3v) is 4.54. The van der Waals surface area contributed by atoms with Crippen LogP contribution in [0.3, 0.4) is 0 Å². The summed E-state index contributed by atoms with van der Waals surface area (Å²) in [6.45, 7) is 6.02. The number of hydrogen-bond acceptors (Lipinski definition) is 3. The molecule has 1 unspecified atom stereocenters. The molecule has 15 heavy (non-hydrogen) atoms. The fraction of sp³-hybridized carbons (Fsp3) is 0.909. The van der Waals surface area contributed by atoms with E-state index in [4.69, 9.17) is 5.11 Å². The van der Waals surface area contributed by atoms with Crippen LogP contribution in [0, 0.1) is 5.92 Å². The lowest BCUT2D eigenvalue weighted by Gasteiger charge is -2.27. The van der Waals surface area contributed by atoms with Gasteiger partial charge in [0.25, 0.3) is 0 Å². The van der Waals surface area contributed by atoms with Gasteiger partial charge in [0.2, 0.25) is 5.91 Å². The lowest BCUT2D eigenvalue weighted by molar-refractivity contribution is -0.124. The average molecular weight is 231 g/mol. The standard InChI is InChI=1S/C11H21NO2S/c1-8(2)9(7-13)12-10(14)11(3)5-4-6-15-11/h8-9,13H,4-7H2,1-3H3,(H,12,14)/t9-,11?/m1/s1. The van der Waals surface area contributed by atoms with Gasteiger partial charge in [-0.2, -0.15) is 0 Å². The number of hydrogen-bond donors (Lipinski definition) is 2. The minimum Gasteiger partial charge on any atom is -0.394 e. The van der Waals surface area contributed by atoms with Gasteiger partial charge in [-0.05, 0) is 31.4 Å². The second-order valence-corrected chi connectivity index (χ2v) is 6.29. The molecule has 2 atom stereocenters. The van der Waals surface area contributed by atoms with Gasteiger partial charge in [-0.15, -0.1) is 11.8 Å². The van der Waals surface area contributed by atoms with E-state index in [1.165, 1.54) is 0 Å². The molecule has 1 rings (SSSR count). The van der Waals surface area contributed by atoms with Gasteiger partial charge in [0.1, 0.15) is 0 Å². The predicted octanol–water partition coefficient (Wildman–Crippen LogP) is 1.41. The van der Waals surface area contributed by atoms with E-state index in [0.29, 0.717) is 0 Å². The molecule has 1 saturated heterocycles. The highest BCUT2D eigenvalue weighted by molar-refractivity contribution is 8.01. The first-order valence-electron chi connectivity index (χ1n) is 5.55. The topological polar surface area (TPSA) is 49.3 Å². The zero-order valence-electron chi connectivity index (χ0n) is 9.75. The first-order valence-corrected chi connectivity index (χ1v) is 6.54. The number of aliphatic hydroxyl groups excluding tert-OH is 1. The second-order valence-electron chi connectivity index (χ2n) is 4.69. The van der Waals surface area contributed by atoms with Crippen LogP contribution in [0.5, 0.6) is 0 Å². The molecule has 0 radical (unpaired) electrons. The molecule has 0 aromatic heterocycles. The molecule has 0 bridgehead atoms. The monoisotopic (exact) mass is 231 g/mol. The fourth-order valence-corrected chi connectivity index (χ4v) is 2.92. The highest BCUT2D eigenvalue weighted by Gasteiger charge is 2.38. The molecule has 3 nitrogen and oxygen atoms in total. The molecule has 0 aromatic rings. The van der Waals surface area contributed by atoms with Crippen LogP contribution in [0.1, 0.15) is 33.6 Å². The molecule has 0 spiro atoms. The maximum Gasteiger partial charge on any atom is 0.236 e. The van der Waals surface area contributed by atoms with E-state index in [-0.39, 0.29) is 29.2 Å². The first kappa shape index (κ1) is 12.8. The fourth-order valence-electron chi connectivity index (χ4n) is 1.70. The molecule has 1 amide bonds. The van der Waals surface area contributed by atoms with E-state index in [9.17, 15) is 4.79 Å². The Morgan fingerprint density at radius 3 is 2.67 bits per heavy atom. The van der Waals surface area contributed by atoms with E-state index < -0.39 is 0 Å². The third-order valence-electron chi connectivity index (χ3n) is 3.02. The van der Waals surface area contributed by atoms with Gasteiger partial charge in [-0.25, -0.2) is 0 Å². The van der Waals surface area contributed by atoms with Crippen molar-refractivity contribution in [2.45, 2.75) is 44.4 Å². The highest BCUT2D eigenvalue weighted by atomic mass is 32.2. The van der Waals surface area contributed by atoms with Crippen LogP contribution in [-0.2, 0) is 4.79 Å². The molecule has 1 aliphatic rings. The van der Waals surface area contributed by atoms with Gasteiger partial charge >= 0.3 is 0 Å². The van der Waals surface area contributed by atoms with Crippen molar-refractivity contribution in [1.29, 1.82) is 0 Å². The van der Waals surface area contributed by atoms with Gasteiger partial charge in [0.15, 0.2) is 0 Å². The number of thioether (sulfide) groups is 1. The number of rotatable bonds is 4. The Balaban J connectivity index is 2.53. The molecule has 0 saturated carbocycles. The normalized spacial score (nSPS) is 28.1. The van der Waals surface area contributed by atoms with E-state index in [1.54, 1.807) is 11.8 Å². The van der Waals surface area contributed by atoms with Crippen LogP contribution in [0.4, 0.5) is 0 Å². The lowest BCUT2D eigenvalue weighted by atomic mass is 10.0. The summed E-state index contributed by atoms with van der Waals surface area (Å²) in [6.07, 6.45) is 2.06. The summed E-state index contributed by atoms with van der Waals surface area (Å²) >= 11 is 1.72. The Kier molecular flexibility index (Phi) is 4.46. The quantitative estimate of drug-likeness (QED) is 0.769. The minimum absolute atomic E-state index is 0.0180. The Hall–Kier alpha value is -0.220. The van der Waals surface area contributed by atoms with E-state index in [0.717, 1.165) is 18.6 Å². The van der Waals surface area contributed by atoms with Crippen molar-refractivity contribution in [3.05, 3.63) is 0 Å². The first-order chi connectivity index (χ1) is 6.99. The van der Waals surface area contributed by atoms with Gasteiger partial charge in [-0.1, -0.05) is 13.8 Å². The van der Waals surface area contributed by atoms with Gasteiger partial charge in [-0.3, -0.25) is 4.79 Å². The molecular weight excluding hydrogens is 210 g/mol. The van der Waals surface area contributed by atoms with Crippen molar-refractivity contribution in [2.75, 3.05) is 12.4 Å². The highest BCUT2D eigenvalue weighted by Crippen LogP contribution is 2.37. The summed E-state index contributed by atoms with van der Waals surface area (Å²) in [5.41, 5.74) is 0. The summed E-state index contributed by atoms with van der Waals surface area (Å²) < 4.78 is -0.275. The van der Waals surface area contributed by atoms with Crippen LogP contribution < -0.4 is 5.32 Å². The Morgan fingerprint density at radius 1 is 1.60 bits per heavy atom. The summed E-state index contributed by atoms with van der Waals surface area (Å²) in [4.78, 5) is 12.0. The number of nitrogens with one attached hydrogen (secondary N) is 1. The molecule has 88 valence electrons. The van der Waals surface area contributed by atoms with Crippen molar-refractivity contribution in [3.63, 3.8) is 0 Å². The maximum absolute atomic E-state index is 12.0. The molecule has 0 aliphatic carbocycles. The number of carbonyl (C=O) groups excluding carboxylic acids is 1. The molecular formula is C11H21NO2S. The Morgan fingerprint density at radius 2 is 2.27 bits per heavy atom. The van der Waals surface area contributed by atoms with Crippen LogP contribution in [0.25, 0.3) is 0 Å². The summed E-state index contributed by atoms with van der Waals surface area (Å²) in [6, 6.07) is -0.115. The lowest BCUT2D eigenvalue weighted by Crippen LogP contribution is -2.48. The summed E-state index contributed by atoms with van der Waals surface area (Å²) in [5, 5.41) is 12.1. The molecule has 1 heterocycles. The summed E-state index contributed by atoms with van der Waals surface area (Å²) in [5.74, 6) is 1.42. The third kappa shape index (κ3) is 3.11. The SMILES string of the molecule is CC(C)[C@@H](CO)NC(=O)C1(C)CCCS1. The Labute approximate surface area is 96.0 Å². The van der Waals surface area contributed by atoms with E-state index in [1.807, 2.05) is 20.8 Å². The molecule has 1 fully saturated rings.